The third-order valence-electron chi connectivity index (χ3n) is 5.64. The summed E-state index contributed by atoms with van der Waals surface area (Å²) < 4.78 is 21.0. The number of Topliss-reactive ketones (excluding diaryl/α,β-unsaturated/α-hetero) is 1. The van der Waals surface area contributed by atoms with Gasteiger partial charge in [-0.25, -0.2) is 4.39 Å². The average molecular weight is 449 g/mol. The Labute approximate surface area is 171 Å². The van der Waals surface area contributed by atoms with E-state index in [0.717, 1.165) is 5.70 Å². The lowest BCUT2D eigenvalue weighted by Crippen LogP contribution is -2.47. The normalized spacial score (nSPS) is 25.2. The molecule has 1 aromatic rings. The number of nitrogens with zero attached hydrogens (tertiary/aromatic N) is 1. The Morgan fingerprint density at radius 2 is 2.04 bits per heavy atom. The van der Waals surface area contributed by atoms with Crippen LogP contribution in [0.4, 0.5) is 4.39 Å². The van der Waals surface area contributed by atoms with Crippen LogP contribution in [0.1, 0.15) is 31.2 Å². The molecule has 1 aromatic carbocycles. The van der Waals surface area contributed by atoms with Gasteiger partial charge in [-0.2, -0.15) is 0 Å². The van der Waals surface area contributed by atoms with Crippen LogP contribution in [0.5, 0.6) is 0 Å². The zero-order valence-corrected chi connectivity index (χ0v) is 17.2. The maximum Gasteiger partial charge on any atom is 0.252 e. The number of fused-ring (bicyclic) bond motifs is 1. The maximum absolute atomic E-state index is 14.9. The van der Waals surface area contributed by atoms with E-state index in [2.05, 4.69) is 21.2 Å². The standard InChI is InChI=1S/C21H22BrFN2O3/c1-12-18(21(27)25-7-9-28-10-8-25)19(14-11-13(22)5-6-15(14)23)20-16(24-12)3-2-4-17(20)26/h3,5-6,11,19-20,24H,2,4,7-10H2,1H3. The van der Waals surface area contributed by atoms with Crippen molar-refractivity contribution in [2.24, 2.45) is 5.92 Å². The Kier molecular flexibility index (Phi) is 5.38. The number of amides is 1. The Morgan fingerprint density at radius 3 is 2.79 bits per heavy atom. The van der Waals surface area contributed by atoms with E-state index in [1.165, 1.54) is 6.07 Å². The van der Waals surface area contributed by atoms with Crippen LogP contribution in [-0.2, 0) is 14.3 Å². The van der Waals surface area contributed by atoms with E-state index in [4.69, 9.17) is 4.74 Å². The molecule has 2 atom stereocenters. The second-order valence-electron chi connectivity index (χ2n) is 7.35. The molecule has 4 rings (SSSR count). The lowest BCUT2D eigenvalue weighted by Gasteiger charge is -2.40. The number of hydrogen-bond acceptors (Lipinski definition) is 4. The number of carbonyl (C=O) groups is 2. The minimum absolute atomic E-state index is 0.0363. The Balaban J connectivity index is 1.86. The topological polar surface area (TPSA) is 58.6 Å². The first-order valence-electron chi connectivity index (χ1n) is 9.50. The van der Waals surface area contributed by atoms with E-state index in [1.54, 1.807) is 17.0 Å². The smallest absolute Gasteiger partial charge is 0.252 e. The second-order valence-corrected chi connectivity index (χ2v) is 8.27. The van der Waals surface area contributed by atoms with Crippen molar-refractivity contribution in [3.8, 4) is 0 Å². The van der Waals surface area contributed by atoms with Gasteiger partial charge in [-0.1, -0.05) is 22.0 Å². The van der Waals surface area contributed by atoms with E-state index in [9.17, 15) is 14.0 Å². The van der Waals surface area contributed by atoms with E-state index in [1.807, 2.05) is 13.0 Å². The third-order valence-corrected chi connectivity index (χ3v) is 6.13. The van der Waals surface area contributed by atoms with E-state index in [-0.39, 0.29) is 11.7 Å². The van der Waals surface area contributed by atoms with Crippen LogP contribution >= 0.6 is 15.9 Å². The fourth-order valence-corrected chi connectivity index (χ4v) is 4.70. The molecule has 3 aliphatic rings. The third kappa shape index (κ3) is 3.42. The Morgan fingerprint density at radius 1 is 1.29 bits per heavy atom. The number of morpholine rings is 1. The van der Waals surface area contributed by atoms with E-state index in [0.29, 0.717) is 60.5 Å². The van der Waals surface area contributed by atoms with Crippen LogP contribution in [0.2, 0.25) is 0 Å². The van der Waals surface area contributed by atoms with Gasteiger partial charge in [0, 0.05) is 46.9 Å². The largest absolute Gasteiger partial charge is 0.378 e. The molecule has 148 valence electrons. The summed E-state index contributed by atoms with van der Waals surface area (Å²) >= 11 is 3.41. The van der Waals surface area contributed by atoms with Crippen LogP contribution < -0.4 is 5.32 Å². The first kappa shape index (κ1) is 19.3. The molecule has 1 aliphatic carbocycles. The molecule has 1 saturated heterocycles. The number of hydrogen-bond donors (Lipinski definition) is 1. The molecule has 1 amide bonds. The summed E-state index contributed by atoms with van der Waals surface area (Å²) in [5.74, 6) is -1.74. The molecule has 0 aromatic heterocycles. The van der Waals surface area contributed by atoms with Crippen LogP contribution in [0.25, 0.3) is 0 Å². The summed E-state index contributed by atoms with van der Waals surface area (Å²) in [5, 5.41) is 3.26. The molecule has 2 aliphatic heterocycles. The number of rotatable bonds is 2. The molecule has 5 nitrogen and oxygen atoms in total. The van der Waals surface area contributed by atoms with Crippen molar-refractivity contribution in [1.29, 1.82) is 0 Å². The van der Waals surface area contributed by atoms with Gasteiger partial charge in [-0.3, -0.25) is 9.59 Å². The second kappa shape index (κ2) is 7.79. The number of benzene rings is 1. The molecular formula is C21H22BrFN2O3. The molecule has 2 unspecified atom stereocenters. The maximum atomic E-state index is 14.9. The monoisotopic (exact) mass is 448 g/mol. The number of allylic oxidation sites excluding steroid dienone is 3. The zero-order chi connectivity index (χ0) is 19.8. The van der Waals surface area contributed by atoms with E-state index >= 15 is 0 Å². The van der Waals surface area contributed by atoms with E-state index < -0.39 is 17.7 Å². The highest BCUT2D eigenvalue weighted by Crippen LogP contribution is 2.45. The Hall–Kier alpha value is -1.99. The molecule has 1 fully saturated rings. The van der Waals surface area contributed by atoms with Gasteiger partial charge in [0.1, 0.15) is 11.6 Å². The molecule has 7 heteroatoms. The summed E-state index contributed by atoms with van der Waals surface area (Å²) in [6.07, 6.45) is 3.06. The van der Waals surface area contributed by atoms with Crippen molar-refractivity contribution in [2.75, 3.05) is 26.3 Å². The first-order chi connectivity index (χ1) is 13.5. The van der Waals surface area contributed by atoms with Gasteiger partial charge in [0.05, 0.1) is 19.1 Å². The molecule has 0 spiro atoms. The fourth-order valence-electron chi connectivity index (χ4n) is 4.32. The van der Waals surface area contributed by atoms with Crippen LogP contribution in [0.3, 0.4) is 0 Å². The molecule has 28 heavy (non-hydrogen) atoms. The van der Waals surface area contributed by atoms with Gasteiger partial charge in [-0.05, 0) is 37.1 Å². The van der Waals surface area contributed by atoms with Crippen LogP contribution in [0, 0.1) is 11.7 Å². The van der Waals surface area contributed by atoms with Gasteiger partial charge in [0.2, 0.25) is 0 Å². The minimum Gasteiger partial charge on any atom is -0.378 e. The highest BCUT2D eigenvalue weighted by molar-refractivity contribution is 9.10. The number of nitrogens with one attached hydrogen (secondary N) is 1. The average Bonchev–Trinajstić information content (AvgIpc) is 2.69. The zero-order valence-electron chi connectivity index (χ0n) is 15.6. The summed E-state index contributed by atoms with van der Waals surface area (Å²) in [5.41, 5.74) is 2.30. The van der Waals surface area contributed by atoms with Gasteiger partial charge in [0.15, 0.2) is 0 Å². The molecular weight excluding hydrogens is 427 g/mol. The molecule has 0 radical (unpaired) electrons. The van der Waals surface area contributed by atoms with Gasteiger partial charge >= 0.3 is 0 Å². The molecule has 1 N–H and O–H groups in total. The first-order valence-corrected chi connectivity index (χ1v) is 10.3. The SMILES string of the molecule is CC1=C(C(=O)N2CCOCC2)C(c2cc(Br)ccc2F)C2C(=O)CCC=C2N1. The summed E-state index contributed by atoms with van der Waals surface area (Å²) in [6, 6.07) is 4.69. The van der Waals surface area contributed by atoms with Gasteiger partial charge in [-0.15, -0.1) is 0 Å². The van der Waals surface area contributed by atoms with Crippen molar-refractivity contribution in [1.82, 2.24) is 10.2 Å². The van der Waals surface area contributed by atoms with Crippen molar-refractivity contribution in [3.63, 3.8) is 0 Å². The number of ketones is 1. The lowest BCUT2D eigenvalue weighted by molar-refractivity contribution is -0.132. The quantitative estimate of drug-likeness (QED) is 0.753. The van der Waals surface area contributed by atoms with Crippen molar-refractivity contribution in [2.45, 2.75) is 25.7 Å². The number of halogens is 2. The Bertz CT molecular complexity index is 890. The van der Waals surface area contributed by atoms with Crippen LogP contribution in [0.15, 0.2) is 45.7 Å². The van der Waals surface area contributed by atoms with Crippen LogP contribution in [-0.4, -0.2) is 42.9 Å². The molecule has 0 saturated carbocycles. The van der Waals surface area contributed by atoms with Crippen molar-refractivity contribution in [3.05, 3.63) is 57.1 Å². The molecule has 2 heterocycles. The molecule has 0 bridgehead atoms. The number of ether oxygens (including phenoxy) is 1. The summed E-state index contributed by atoms with van der Waals surface area (Å²) in [4.78, 5) is 28.0. The van der Waals surface area contributed by atoms with Crippen molar-refractivity contribution >= 4 is 27.6 Å². The predicted molar refractivity (Wildman–Crippen MR) is 106 cm³/mol. The highest BCUT2D eigenvalue weighted by Gasteiger charge is 2.44. The summed E-state index contributed by atoms with van der Waals surface area (Å²) in [6.45, 7) is 3.77. The predicted octanol–water partition coefficient (Wildman–Crippen LogP) is 3.27. The van der Waals surface area contributed by atoms with Crippen molar-refractivity contribution < 1.29 is 18.7 Å². The fraction of sp³-hybridized carbons (Fsp3) is 0.429. The lowest BCUT2D eigenvalue weighted by atomic mass is 9.70. The van der Waals surface area contributed by atoms with Gasteiger partial charge in [0.25, 0.3) is 5.91 Å². The number of carbonyl (C=O) groups excluding carboxylic acids is 2. The van der Waals surface area contributed by atoms with Gasteiger partial charge < -0.3 is 15.0 Å². The minimum atomic E-state index is -0.645. The summed E-state index contributed by atoms with van der Waals surface area (Å²) in [7, 11) is 0. The highest BCUT2D eigenvalue weighted by atomic mass is 79.9.